The van der Waals surface area contributed by atoms with Crippen molar-refractivity contribution in [1.82, 2.24) is 5.16 Å². The maximum absolute atomic E-state index is 13.9. The van der Waals surface area contributed by atoms with Gasteiger partial charge in [-0.3, -0.25) is 4.79 Å². The number of hydrogen-bond donors (Lipinski definition) is 0. The van der Waals surface area contributed by atoms with Gasteiger partial charge >= 0.3 is 0 Å². The molecule has 1 heterocycles. The van der Waals surface area contributed by atoms with E-state index in [9.17, 15) is 13.2 Å². The lowest BCUT2D eigenvalue weighted by molar-refractivity contribution is 0.102. The highest BCUT2D eigenvalue weighted by Gasteiger charge is 2.34. The topological polar surface area (TPSA) is 77.2 Å². The van der Waals surface area contributed by atoms with Crippen molar-refractivity contribution in [3.63, 3.8) is 0 Å². The van der Waals surface area contributed by atoms with Gasteiger partial charge in [-0.15, -0.1) is 0 Å². The standard InChI is InChI=1S/C30H19NO4S/c32-28(23-18-17-20-9-4-5-11-22(20)19-23)27-30(36(33,34)24-13-2-1-3-14-24)29(35-31-27)26-16-8-12-21-10-6-7-15-25(21)26/h1-19H. The summed E-state index contributed by atoms with van der Waals surface area (Å²) in [6.45, 7) is 0. The number of carbonyl (C=O) groups is 1. The molecule has 1 aromatic heterocycles. The molecule has 0 radical (unpaired) electrons. The fraction of sp³-hybridized carbons (Fsp3) is 0. The fourth-order valence-corrected chi connectivity index (χ4v) is 5.98. The normalized spacial score (nSPS) is 11.7. The number of aromatic nitrogens is 1. The van der Waals surface area contributed by atoms with Crippen LogP contribution in [0.25, 0.3) is 32.9 Å². The van der Waals surface area contributed by atoms with E-state index in [-0.39, 0.29) is 21.2 Å². The minimum atomic E-state index is -4.15. The minimum absolute atomic E-state index is 0.0415. The van der Waals surface area contributed by atoms with Crippen molar-refractivity contribution in [1.29, 1.82) is 0 Å². The summed E-state index contributed by atoms with van der Waals surface area (Å²) in [4.78, 5) is 13.5. The van der Waals surface area contributed by atoms with Gasteiger partial charge in [0, 0.05) is 11.1 Å². The molecule has 0 spiro atoms. The van der Waals surface area contributed by atoms with Crippen molar-refractivity contribution in [2.45, 2.75) is 9.79 Å². The third-order valence-electron chi connectivity index (χ3n) is 6.23. The van der Waals surface area contributed by atoms with Crippen LogP contribution < -0.4 is 0 Å². The minimum Gasteiger partial charge on any atom is -0.354 e. The zero-order valence-electron chi connectivity index (χ0n) is 19.0. The lowest BCUT2D eigenvalue weighted by atomic mass is 10.0. The van der Waals surface area contributed by atoms with Crippen molar-refractivity contribution in [2.24, 2.45) is 0 Å². The third kappa shape index (κ3) is 3.59. The molecule has 6 rings (SSSR count). The van der Waals surface area contributed by atoms with Crippen LogP contribution >= 0.6 is 0 Å². The molecule has 0 aliphatic carbocycles. The first kappa shape index (κ1) is 21.9. The molecule has 0 unspecified atom stereocenters. The van der Waals surface area contributed by atoms with Crippen LogP contribution in [0.15, 0.2) is 130 Å². The lowest BCUT2D eigenvalue weighted by Crippen LogP contribution is -2.11. The van der Waals surface area contributed by atoms with Gasteiger partial charge in [0.2, 0.25) is 15.6 Å². The van der Waals surface area contributed by atoms with Crippen LogP contribution in [-0.4, -0.2) is 19.4 Å². The Kier molecular flexibility index (Phi) is 5.24. The zero-order valence-corrected chi connectivity index (χ0v) is 19.8. The molecule has 0 N–H and O–H groups in total. The summed E-state index contributed by atoms with van der Waals surface area (Å²) >= 11 is 0. The maximum Gasteiger partial charge on any atom is 0.216 e. The fourth-order valence-electron chi connectivity index (χ4n) is 4.46. The van der Waals surface area contributed by atoms with Gasteiger partial charge in [0.25, 0.3) is 0 Å². The van der Waals surface area contributed by atoms with Crippen molar-refractivity contribution in [3.8, 4) is 11.3 Å². The first-order valence-electron chi connectivity index (χ1n) is 11.4. The van der Waals surface area contributed by atoms with E-state index in [2.05, 4.69) is 5.16 Å². The van der Waals surface area contributed by atoms with E-state index in [0.717, 1.165) is 21.5 Å². The van der Waals surface area contributed by atoms with Crippen LogP contribution in [0.4, 0.5) is 0 Å². The summed E-state index contributed by atoms with van der Waals surface area (Å²) in [6, 6.07) is 34.0. The molecule has 0 bridgehead atoms. The zero-order chi connectivity index (χ0) is 24.7. The van der Waals surface area contributed by atoms with E-state index < -0.39 is 15.6 Å². The van der Waals surface area contributed by atoms with E-state index in [1.165, 1.54) is 12.1 Å². The summed E-state index contributed by atoms with van der Waals surface area (Å²) in [6.07, 6.45) is 0. The van der Waals surface area contributed by atoms with E-state index >= 15 is 0 Å². The first-order chi connectivity index (χ1) is 17.5. The second-order valence-corrected chi connectivity index (χ2v) is 10.3. The second kappa shape index (κ2) is 8.59. The van der Waals surface area contributed by atoms with Crippen LogP contribution in [-0.2, 0) is 9.84 Å². The van der Waals surface area contributed by atoms with Gasteiger partial charge in [-0.1, -0.05) is 102 Å². The summed E-state index contributed by atoms with van der Waals surface area (Å²) < 4.78 is 33.6. The number of benzene rings is 5. The predicted octanol–water partition coefficient (Wildman–Crippen LogP) is 6.71. The largest absolute Gasteiger partial charge is 0.354 e. The highest BCUT2D eigenvalue weighted by atomic mass is 32.2. The Bertz CT molecular complexity index is 1870. The molecule has 0 saturated carbocycles. The van der Waals surface area contributed by atoms with Gasteiger partial charge in [0.15, 0.2) is 16.3 Å². The van der Waals surface area contributed by atoms with Crippen LogP contribution in [0.5, 0.6) is 0 Å². The van der Waals surface area contributed by atoms with Gasteiger partial charge in [0.05, 0.1) is 4.90 Å². The molecule has 0 saturated heterocycles. The molecule has 5 nitrogen and oxygen atoms in total. The van der Waals surface area contributed by atoms with Crippen molar-refractivity contribution in [3.05, 3.63) is 127 Å². The lowest BCUT2D eigenvalue weighted by Gasteiger charge is -2.09. The van der Waals surface area contributed by atoms with Crippen molar-refractivity contribution < 1.29 is 17.7 Å². The molecule has 6 heteroatoms. The van der Waals surface area contributed by atoms with Crippen LogP contribution in [0.3, 0.4) is 0 Å². The number of rotatable bonds is 5. The molecule has 0 atom stereocenters. The Balaban J connectivity index is 1.61. The first-order valence-corrected chi connectivity index (χ1v) is 12.8. The number of hydrogen-bond acceptors (Lipinski definition) is 5. The van der Waals surface area contributed by atoms with E-state index in [1.807, 2.05) is 66.7 Å². The Morgan fingerprint density at radius 1 is 0.667 bits per heavy atom. The Labute approximate surface area is 207 Å². The summed E-state index contributed by atoms with van der Waals surface area (Å²) in [5, 5.41) is 7.60. The van der Waals surface area contributed by atoms with Gasteiger partial charge < -0.3 is 4.52 Å². The van der Waals surface area contributed by atoms with Crippen LogP contribution in [0, 0.1) is 0 Å². The van der Waals surface area contributed by atoms with Crippen LogP contribution in [0.1, 0.15) is 16.1 Å². The summed E-state index contributed by atoms with van der Waals surface area (Å²) in [7, 11) is -4.15. The molecule has 0 aliphatic rings. The summed E-state index contributed by atoms with van der Waals surface area (Å²) in [5.74, 6) is -0.481. The van der Waals surface area contributed by atoms with E-state index in [4.69, 9.17) is 4.52 Å². The van der Waals surface area contributed by atoms with E-state index in [1.54, 1.807) is 36.4 Å². The number of nitrogens with zero attached hydrogens (tertiary/aromatic N) is 1. The quantitative estimate of drug-likeness (QED) is 0.252. The Morgan fingerprint density at radius 3 is 2.14 bits per heavy atom. The van der Waals surface area contributed by atoms with Gasteiger partial charge in [0.1, 0.15) is 0 Å². The third-order valence-corrected chi connectivity index (χ3v) is 8.04. The molecule has 6 aromatic rings. The molecular weight excluding hydrogens is 470 g/mol. The number of fused-ring (bicyclic) bond motifs is 2. The van der Waals surface area contributed by atoms with Crippen LogP contribution in [0.2, 0.25) is 0 Å². The molecule has 174 valence electrons. The molecular formula is C30H19NO4S. The SMILES string of the molecule is O=C(c1ccc2ccccc2c1)c1noc(-c2cccc3ccccc23)c1S(=O)(=O)c1ccccc1. The monoisotopic (exact) mass is 489 g/mol. The maximum atomic E-state index is 13.9. The van der Waals surface area contributed by atoms with Gasteiger partial charge in [-0.05, 0) is 39.7 Å². The average molecular weight is 490 g/mol. The molecule has 0 aliphatic heterocycles. The van der Waals surface area contributed by atoms with Gasteiger partial charge in [-0.25, -0.2) is 8.42 Å². The predicted molar refractivity (Wildman–Crippen MR) is 139 cm³/mol. The Hall–Kier alpha value is -4.55. The summed E-state index contributed by atoms with van der Waals surface area (Å²) in [5.41, 5.74) is 0.640. The molecule has 0 amide bonds. The molecule has 5 aromatic carbocycles. The number of ketones is 1. The smallest absolute Gasteiger partial charge is 0.216 e. The Morgan fingerprint density at radius 2 is 1.33 bits per heavy atom. The second-order valence-electron chi connectivity index (χ2n) is 8.42. The average Bonchev–Trinajstić information content (AvgIpc) is 3.38. The van der Waals surface area contributed by atoms with E-state index in [0.29, 0.717) is 11.1 Å². The highest BCUT2D eigenvalue weighted by molar-refractivity contribution is 7.91. The molecule has 36 heavy (non-hydrogen) atoms. The number of sulfone groups is 1. The van der Waals surface area contributed by atoms with Crippen molar-refractivity contribution >= 4 is 37.2 Å². The molecule has 0 fully saturated rings. The number of carbonyl (C=O) groups excluding carboxylic acids is 1. The highest BCUT2D eigenvalue weighted by Crippen LogP contribution is 2.38. The van der Waals surface area contributed by atoms with Crippen molar-refractivity contribution in [2.75, 3.05) is 0 Å². The van der Waals surface area contributed by atoms with Gasteiger partial charge in [-0.2, -0.15) is 0 Å².